The molecule has 0 saturated heterocycles. The molecular formula is C18H12ClF3N6O. The molecule has 4 aromatic rings. The van der Waals surface area contributed by atoms with Crippen molar-refractivity contribution in [3.05, 3.63) is 69.8 Å². The van der Waals surface area contributed by atoms with E-state index in [0.29, 0.717) is 16.7 Å². The van der Waals surface area contributed by atoms with E-state index in [1.54, 1.807) is 24.3 Å². The minimum absolute atomic E-state index is 0.00995. The molecule has 0 bridgehead atoms. The second-order valence-corrected chi connectivity index (χ2v) is 6.62. The summed E-state index contributed by atoms with van der Waals surface area (Å²) in [5.41, 5.74) is 0.645. The van der Waals surface area contributed by atoms with Crippen LogP contribution in [0.4, 0.5) is 13.2 Å². The molecule has 0 unspecified atom stereocenters. The molecule has 0 aliphatic rings. The van der Waals surface area contributed by atoms with Gasteiger partial charge in [-0.3, -0.25) is 9.36 Å². The minimum atomic E-state index is -4.51. The van der Waals surface area contributed by atoms with Crippen molar-refractivity contribution >= 4 is 22.8 Å². The highest BCUT2D eigenvalue weighted by Gasteiger charge is 2.34. The molecular weight excluding hydrogens is 409 g/mol. The molecule has 4 rings (SSSR count). The molecule has 3 aromatic heterocycles. The molecule has 0 atom stereocenters. The van der Waals surface area contributed by atoms with Gasteiger partial charge < -0.3 is 4.57 Å². The third-order valence-electron chi connectivity index (χ3n) is 4.28. The van der Waals surface area contributed by atoms with Crippen LogP contribution in [0, 0.1) is 0 Å². The molecule has 0 radical (unpaired) electrons. The van der Waals surface area contributed by atoms with E-state index < -0.39 is 11.9 Å². The van der Waals surface area contributed by atoms with Gasteiger partial charge in [-0.2, -0.15) is 18.2 Å². The summed E-state index contributed by atoms with van der Waals surface area (Å²) in [6.07, 6.45) is -0.985. The summed E-state index contributed by atoms with van der Waals surface area (Å²) in [6, 6.07) is 6.71. The number of nitrogens with zero attached hydrogens (tertiary/aromatic N) is 6. The SMILES string of the molecule is Cn1cc(C(F)(F)F)nc1-c1ccc(Cn2c(=O)cnc3cnc(Cl)nc32)cc1. The van der Waals surface area contributed by atoms with Crippen molar-refractivity contribution in [2.75, 3.05) is 0 Å². The number of aromatic nitrogens is 6. The number of benzene rings is 1. The number of rotatable bonds is 3. The zero-order valence-corrected chi connectivity index (χ0v) is 15.6. The van der Waals surface area contributed by atoms with Crippen molar-refractivity contribution < 1.29 is 13.2 Å². The van der Waals surface area contributed by atoms with Crippen molar-refractivity contribution in [2.24, 2.45) is 7.05 Å². The molecule has 3 heterocycles. The monoisotopic (exact) mass is 420 g/mol. The Hall–Kier alpha value is -3.27. The maximum absolute atomic E-state index is 12.9. The average Bonchev–Trinajstić information content (AvgIpc) is 3.07. The second-order valence-electron chi connectivity index (χ2n) is 6.29. The van der Waals surface area contributed by atoms with E-state index in [1.165, 1.54) is 28.6 Å². The zero-order valence-electron chi connectivity index (χ0n) is 14.9. The van der Waals surface area contributed by atoms with Gasteiger partial charge in [-0.05, 0) is 17.2 Å². The summed E-state index contributed by atoms with van der Waals surface area (Å²) in [5.74, 6) is 0.190. The van der Waals surface area contributed by atoms with Crippen LogP contribution in [0.1, 0.15) is 11.3 Å². The predicted molar refractivity (Wildman–Crippen MR) is 99.4 cm³/mol. The minimum Gasteiger partial charge on any atom is -0.333 e. The second kappa shape index (κ2) is 6.96. The Kier molecular flexibility index (Phi) is 4.58. The lowest BCUT2D eigenvalue weighted by molar-refractivity contribution is -0.140. The molecule has 7 nitrogen and oxygen atoms in total. The van der Waals surface area contributed by atoms with Crippen LogP contribution < -0.4 is 5.56 Å². The fourth-order valence-corrected chi connectivity index (χ4v) is 3.03. The smallest absolute Gasteiger partial charge is 0.333 e. The van der Waals surface area contributed by atoms with Gasteiger partial charge in [-0.25, -0.2) is 15.0 Å². The van der Waals surface area contributed by atoms with E-state index >= 15 is 0 Å². The molecule has 0 amide bonds. The van der Waals surface area contributed by atoms with Gasteiger partial charge >= 0.3 is 6.18 Å². The first-order chi connectivity index (χ1) is 13.7. The number of halogens is 4. The highest BCUT2D eigenvalue weighted by Crippen LogP contribution is 2.30. The summed E-state index contributed by atoms with van der Waals surface area (Å²) >= 11 is 5.83. The van der Waals surface area contributed by atoms with Gasteiger partial charge in [-0.1, -0.05) is 24.3 Å². The Morgan fingerprint density at radius 2 is 1.79 bits per heavy atom. The summed E-state index contributed by atoms with van der Waals surface area (Å²) in [4.78, 5) is 27.8. The summed E-state index contributed by atoms with van der Waals surface area (Å²) < 4.78 is 41.3. The van der Waals surface area contributed by atoms with E-state index in [-0.39, 0.29) is 23.2 Å². The van der Waals surface area contributed by atoms with Crippen LogP contribution in [-0.4, -0.2) is 29.1 Å². The first-order valence-corrected chi connectivity index (χ1v) is 8.68. The lowest BCUT2D eigenvalue weighted by Gasteiger charge is -2.09. The van der Waals surface area contributed by atoms with E-state index in [9.17, 15) is 18.0 Å². The van der Waals surface area contributed by atoms with Crippen molar-refractivity contribution in [1.82, 2.24) is 29.1 Å². The van der Waals surface area contributed by atoms with Crippen LogP contribution >= 0.6 is 11.6 Å². The summed E-state index contributed by atoms with van der Waals surface area (Å²) in [5, 5.41) is -0.00995. The first kappa shape index (κ1) is 19.1. The molecule has 11 heteroatoms. The molecule has 1 aromatic carbocycles. The van der Waals surface area contributed by atoms with Gasteiger partial charge in [0.05, 0.1) is 18.9 Å². The number of fused-ring (bicyclic) bond motifs is 1. The normalized spacial score (nSPS) is 11.9. The Labute approximate surface area is 166 Å². The van der Waals surface area contributed by atoms with Crippen molar-refractivity contribution in [3.8, 4) is 11.4 Å². The van der Waals surface area contributed by atoms with Crippen molar-refractivity contribution in [1.29, 1.82) is 0 Å². The summed E-state index contributed by atoms with van der Waals surface area (Å²) in [7, 11) is 1.50. The van der Waals surface area contributed by atoms with Crippen molar-refractivity contribution in [2.45, 2.75) is 12.7 Å². The maximum atomic E-state index is 12.9. The number of alkyl halides is 3. The van der Waals surface area contributed by atoms with Crippen LogP contribution in [0.2, 0.25) is 5.28 Å². The van der Waals surface area contributed by atoms with E-state index in [0.717, 1.165) is 11.8 Å². The fraction of sp³-hybridized carbons (Fsp3) is 0.167. The van der Waals surface area contributed by atoms with Gasteiger partial charge in [0.25, 0.3) is 5.56 Å². The highest BCUT2D eigenvalue weighted by atomic mass is 35.5. The highest BCUT2D eigenvalue weighted by molar-refractivity contribution is 6.28. The predicted octanol–water partition coefficient (Wildman–Crippen LogP) is 3.31. The number of aryl methyl sites for hydroxylation is 1. The summed E-state index contributed by atoms with van der Waals surface area (Å²) in [6.45, 7) is 0.180. The number of imidazole rings is 1. The topological polar surface area (TPSA) is 78.5 Å². The van der Waals surface area contributed by atoms with Crippen molar-refractivity contribution in [3.63, 3.8) is 0 Å². The van der Waals surface area contributed by atoms with Gasteiger partial charge in [0.15, 0.2) is 11.3 Å². The Morgan fingerprint density at radius 3 is 2.45 bits per heavy atom. The van der Waals surface area contributed by atoms with Gasteiger partial charge in [0.1, 0.15) is 11.3 Å². The van der Waals surface area contributed by atoms with E-state index in [4.69, 9.17) is 11.6 Å². The van der Waals surface area contributed by atoms with Crippen LogP contribution in [0.15, 0.2) is 47.7 Å². The average molecular weight is 421 g/mol. The molecule has 0 aliphatic heterocycles. The molecule has 148 valence electrons. The molecule has 0 fully saturated rings. The molecule has 0 N–H and O–H groups in total. The Bertz CT molecular complexity index is 1260. The molecule has 0 spiro atoms. The molecule has 0 saturated carbocycles. The number of hydrogen-bond donors (Lipinski definition) is 0. The third-order valence-corrected chi connectivity index (χ3v) is 4.46. The van der Waals surface area contributed by atoms with Crippen LogP contribution in [0.5, 0.6) is 0 Å². The third kappa shape index (κ3) is 3.70. The largest absolute Gasteiger partial charge is 0.434 e. The van der Waals surface area contributed by atoms with Gasteiger partial charge in [0.2, 0.25) is 5.28 Å². The lowest BCUT2D eigenvalue weighted by atomic mass is 10.1. The molecule has 0 aliphatic carbocycles. The Balaban J connectivity index is 1.68. The van der Waals surface area contributed by atoms with Crippen LogP contribution in [0.3, 0.4) is 0 Å². The van der Waals surface area contributed by atoms with Gasteiger partial charge in [0, 0.05) is 18.8 Å². The lowest BCUT2D eigenvalue weighted by Crippen LogP contribution is -2.22. The zero-order chi connectivity index (χ0) is 20.8. The number of hydrogen-bond acceptors (Lipinski definition) is 5. The van der Waals surface area contributed by atoms with E-state index in [1.807, 2.05) is 0 Å². The van der Waals surface area contributed by atoms with Crippen LogP contribution in [0.25, 0.3) is 22.6 Å². The molecule has 29 heavy (non-hydrogen) atoms. The standard InChI is InChI=1S/C18H12ClF3N6O/c1-27-9-13(18(20,21)22)25-15(27)11-4-2-10(3-5-11)8-28-14(29)7-23-12-6-24-17(19)26-16(12)28/h2-7,9H,8H2,1H3. The van der Waals surface area contributed by atoms with Gasteiger partial charge in [-0.15, -0.1) is 0 Å². The van der Waals surface area contributed by atoms with Crippen LogP contribution in [-0.2, 0) is 19.8 Å². The maximum Gasteiger partial charge on any atom is 0.434 e. The Morgan fingerprint density at radius 1 is 1.07 bits per heavy atom. The fourth-order valence-electron chi connectivity index (χ4n) is 2.90. The van der Waals surface area contributed by atoms with E-state index in [2.05, 4.69) is 19.9 Å². The quantitative estimate of drug-likeness (QED) is 0.475. The first-order valence-electron chi connectivity index (χ1n) is 8.30.